The van der Waals surface area contributed by atoms with E-state index in [1.165, 1.54) is 0 Å². The van der Waals surface area contributed by atoms with Crippen LogP contribution in [0.5, 0.6) is 0 Å². The summed E-state index contributed by atoms with van der Waals surface area (Å²) >= 11 is 6.61. The van der Waals surface area contributed by atoms with Gasteiger partial charge in [-0.1, -0.05) is 17.7 Å². The van der Waals surface area contributed by atoms with Crippen LogP contribution < -0.4 is 15.5 Å². The lowest BCUT2D eigenvalue weighted by molar-refractivity contribution is -0.118. The molecule has 7 heteroatoms. The molecular weight excluding hydrogens is 350 g/mol. The molecule has 2 aromatic heterocycles. The molecular formula is C19H20ClN5O. The second-order valence-corrected chi connectivity index (χ2v) is 7.63. The van der Waals surface area contributed by atoms with Gasteiger partial charge < -0.3 is 10.6 Å². The zero-order valence-corrected chi connectivity index (χ0v) is 15.1. The second kappa shape index (κ2) is 5.93. The number of carbonyl (C=O) groups is 1. The summed E-state index contributed by atoms with van der Waals surface area (Å²) in [6.45, 7) is 2.53. The van der Waals surface area contributed by atoms with Gasteiger partial charge in [0, 0.05) is 31.4 Å². The van der Waals surface area contributed by atoms with Gasteiger partial charge in [0.05, 0.1) is 22.7 Å². The lowest BCUT2D eigenvalue weighted by Gasteiger charge is -2.32. The van der Waals surface area contributed by atoms with Crippen LogP contribution in [0.4, 0.5) is 11.6 Å². The van der Waals surface area contributed by atoms with E-state index in [1.807, 2.05) is 18.2 Å². The average Bonchev–Trinajstić information content (AvgIpc) is 3.44. The highest BCUT2D eigenvalue weighted by atomic mass is 35.5. The highest BCUT2D eigenvalue weighted by molar-refractivity contribution is 6.32. The number of hydrogen-bond acceptors (Lipinski definition) is 5. The topological polar surface area (TPSA) is 70.2 Å². The molecule has 2 fully saturated rings. The molecule has 134 valence electrons. The Balaban J connectivity index is 1.63. The number of nitrogens with zero attached hydrogens (tertiary/aromatic N) is 3. The third-order valence-corrected chi connectivity index (χ3v) is 6.03. The largest absolute Gasteiger partial charge is 0.368 e. The van der Waals surface area contributed by atoms with Crippen molar-refractivity contribution in [1.29, 1.82) is 0 Å². The molecule has 26 heavy (non-hydrogen) atoms. The zero-order chi connectivity index (χ0) is 17.7. The lowest BCUT2D eigenvalue weighted by atomic mass is 9.75. The van der Waals surface area contributed by atoms with Gasteiger partial charge >= 0.3 is 0 Å². The number of amides is 1. The van der Waals surface area contributed by atoms with Crippen LogP contribution in [0.15, 0.2) is 30.5 Å². The normalized spacial score (nSPS) is 25.1. The number of nitrogens with one attached hydrogen (secondary N) is 2. The summed E-state index contributed by atoms with van der Waals surface area (Å²) in [5.41, 5.74) is 1.76. The molecule has 1 aliphatic carbocycles. The van der Waals surface area contributed by atoms with Crippen LogP contribution in [-0.4, -0.2) is 42.1 Å². The summed E-state index contributed by atoms with van der Waals surface area (Å²) in [6.07, 6.45) is 4.05. The molecule has 2 aromatic rings. The molecule has 1 atom stereocenters. The minimum Gasteiger partial charge on any atom is -0.368 e. The maximum atomic E-state index is 12.3. The standard InChI is InChI=1S/C19H20ClN5O/c20-13-6-7-22-18-17(13)19(11-23-18,12-4-5-12)14-2-1-3-15(24-14)25-9-8-21-10-16(25)26/h1-3,6-7,12,21H,4-5,8-11H2,(H,22,23). The molecule has 0 spiro atoms. The fourth-order valence-electron chi connectivity index (χ4n) is 4.33. The van der Waals surface area contributed by atoms with Crippen molar-refractivity contribution >= 4 is 29.1 Å². The van der Waals surface area contributed by atoms with Crippen molar-refractivity contribution in [2.75, 3.05) is 36.4 Å². The third kappa shape index (κ3) is 2.32. The van der Waals surface area contributed by atoms with Gasteiger partial charge in [-0.25, -0.2) is 9.97 Å². The van der Waals surface area contributed by atoms with Crippen LogP contribution in [0, 0.1) is 5.92 Å². The summed E-state index contributed by atoms with van der Waals surface area (Å²) < 4.78 is 0. The monoisotopic (exact) mass is 369 g/mol. The van der Waals surface area contributed by atoms with Crippen molar-refractivity contribution in [1.82, 2.24) is 15.3 Å². The second-order valence-electron chi connectivity index (χ2n) is 7.22. The maximum Gasteiger partial charge on any atom is 0.242 e. The highest BCUT2D eigenvalue weighted by Gasteiger charge is 2.54. The number of aromatic nitrogens is 2. The Hall–Kier alpha value is -2.18. The number of anilines is 2. The van der Waals surface area contributed by atoms with Crippen molar-refractivity contribution in [2.24, 2.45) is 5.92 Å². The molecule has 1 amide bonds. The Kier molecular flexibility index (Phi) is 3.65. The molecule has 1 unspecified atom stereocenters. The first-order valence-corrected chi connectivity index (χ1v) is 9.45. The third-order valence-electron chi connectivity index (χ3n) is 5.71. The van der Waals surface area contributed by atoms with E-state index in [2.05, 4.69) is 21.7 Å². The first kappa shape index (κ1) is 16.0. The molecule has 0 aromatic carbocycles. The van der Waals surface area contributed by atoms with E-state index in [4.69, 9.17) is 16.6 Å². The number of piperazine rings is 1. The van der Waals surface area contributed by atoms with Crippen molar-refractivity contribution in [2.45, 2.75) is 18.3 Å². The fraction of sp³-hybridized carbons (Fsp3) is 0.421. The first-order chi connectivity index (χ1) is 12.7. The van der Waals surface area contributed by atoms with Crippen LogP contribution in [-0.2, 0) is 10.2 Å². The van der Waals surface area contributed by atoms with E-state index >= 15 is 0 Å². The van der Waals surface area contributed by atoms with Gasteiger partial charge in [-0.3, -0.25) is 9.69 Å². The van der Waals surface area contributed by atoms with Gasteiger partial charge in [0.1, 0.15) is 11.6 Å². The number of fused-ring (bicyclic) bond motifs is 1. The molecule has 1 saturated carbocycles. The van der Waals surface area contributed by atoms with Crippen molar-refractivity contribution in [3.63, 3.8) is 0 Å². The molecule has 0 bridgehead atoms. The van der Waals surface area contributed by atoms with Crippen molar-refractivity contribution in [3.05, 3.63) is 46.7 Å². The predicted octanol–water partition coefficient (Wildman–Crippen LogP) is 2.19. The van der Waals surface area contributed by atoms with E-state index in [0.29, 0.717) is 19.0 Å². The van der Waals surface area contributed by atoms with Crippen molar-refractivity contribution in [3.8, 4) is 0 Å². The van der Waals surface area contributed by atoms with E-state index in [0.717, 1.165) is 53.8 Å². The van der Waals surface area contributed by atoms with Gasteiger partial charge in [0.15, 0.2) is 0 Å². The minimum atomic E-state index is -0.270. The van der Waals surface area contributed by atoms with E-state index < -0.39 is 0 Å². The zero-order valence-electron chi connectivity index (χ0n) is 14.3. The molecule has 1 saturated heterocycles. The quantitative estimate of drug-likeness (QED) is 0.867. The number of hydrogen-bond donors (Lipinski definition) is 2. The Morgan fingerprint density at radius 3 is 2.96 bits per heavy atom. The lowest BCUT2D eigenvalue weighted by Crippen LogP contribution is -2.48. The van der Waals surface area contributed by atoms with Crippen LogP contribution in [0.2, 0.25) is 5.02 Å². The van der Waals surface area contributed by atoms with Crippen LogP contribution in [0.3, 0.4) is 0 Å². The van der Waals surface area contributed by atoms with Gasteiger partial charge in [-0.15, -0.1) is 0 Å². The number of halogens is 1. The summed E-state index contributed by atoms with van der Waals surface area (Å²) in [5, 5.41) is 7.27. The minimum absolute atomic E-state index is 0.0611. The van der Waals surface area contributed by atoms with Crippen molar-refractivity contribution < 1.29 is 4.79 Å². The molecule has 4 heterocycles. The van der Waals surface area contributed by atoms with E-state index in [1.54, 1.807) is 11.1 Å². The Morgan fingerprint density at radius 1 is 1.27 bits per heavy atom. The van der Waals surface area contributed by atoms with Crippen LogP contribution >= 0.6 is 11.6 Å². The van der Waals surface area contributed by atoms with Crippen LogP contribution in [0.25, 0.3) is 0 Å². The van der Waals surface area contributed by atoms with Gasteiger partial charge in [-0.05, 0) is 37.0 Å². The first-order valence-electron chi connectivity index (χ1n) is 9.07. The van der Waals surface area contributed by atoms with Gasteiger partial charge in [0.2, 0.25) is 5.91 Å². The smallest absolute Gasteiger partial charge is 0.242 e. The molecule has 0 radical (unpaired) electrons. The number of pyridine rings is 2. The Morgan fingerprint density at radius 2 is 2.15 bits per heavy atom. The fourth-order valence-corrected chi connectivity index (χ4v) is 4.65. The van der Waals surface area contributed by atoms with E-state index in [-0.39, 0.29) is 11.3 Å². The molecule has 2 N–H and O–H groups in total. The Bertz CT molecular complexity index is 884. The SMILES string of the molecule is O=C1CNCCN1c1cccc(C2(C3CC3)CNc3nccc(Cl)c32)n1. The number of carbonyl (C=O) groups excluding carboxylic acids is 1. The predicted molar refractivity (Wildman–Crippen MR) is 101 cm³/mol. The molecule has 6 nitrogen and oxygen atoms in total. The summed E-state index contributed by atoms with van der Waals surface area (Å²) in [6, 6.07) is 7.84. The number of rotatable bonds is 3. The average molecular weight is 370 g/mol. The van der Waals surface area contributed by atoms with Gasteiger partial charge in [-0.2, -0.15) is 0 Å². The molecule has 5 rings (SSSR count). The summed E-state index contributed by atoms with van der Waals surface area (Å²) in [7, 11) is 0. The summed E-state index contributed by atoms with van der Waals surface area (Å²) in [5.74, 6) is 2.14. The maximum absolute atomic E-state index is 12.3. The van der Waals surface area contributed by atoms with E-state index in [9.17, 15) is 4.79 Å². The molecule has 3 aliphatic rings. The summed E-state index contributed by atoms with van der Waals surface area (Å²) in [4.78, 5) is 23.5. The van der Waals surface area contributed by atoms with Crippen LogP contribution in [0.1, 0.15) is 24.1 Å². The Labute approximate surface area is 157 Å². The molecule has 2 aliphatic heterocycles. The van der Waals surface area contributed by atoms with Gasteiger partial charge in [0.25, 0.3) is 0 Å². The highest BCUT2D eigenvalue weighted by Crippen LogP contribution is 2.56.